The minimum absolute atomic E-state index is 0.741. The van der Waals surface area contributed by atoms with Crippen molar-refractivity contribution in [3.05, 3.63) is 31.3 Å². The number of hydrogen-bond acceptors (Lipinski definition) is 1. The van der Waals surface area contributed by atoms with Crippen LogP contribution in [0.2, 0.25) is 0 Å². The Hall–Kier alpha value is 0.1000. The number of carbonyl (C=O) groups excluding carboxylic acids is 1. The van der Waals surface area contributed by atoms with Crippen LogP contribution < -0.4 is 0 Å². The van der Waals surface area contributed by atoms with E-state index in [1.54, 1.807) is 0 Å². The van der Waals surface area contributed by atoms with Gasteiger partial charge in [0.25, 0.3) is 0 Å². The average molecular weight is 325 g/mol. The van der Waals surface area contributed by atoms with Gasteiger partial charge in [0.15, 0.2) is 6.29 Å². The maximum absolute atomic E-state index is 10.5. The molecule has 0 saturated carbocycles. The van der Waals surface area contributed by atoms with Crippen molar-refractivity contribution >= 4 is 44.8 Å². The second-order valence-electron chi connectivity index (χ2n) is 2.24. The van der Waals surface area contributed by atoms with Crippen LogP contribution in [-0.4, -0.2) is 6.29 Å². The maximum Gasteiger partial charge on any atom is 0.151 e. The van der Waals surface area contributed by atoms with E-state index in [2.05, 4.69) is 38.5 Å². The van der Waals surface area contributed by atoms with Gasteiger partial charge in [0.1, 0.15) is 0 Å². The van der Waals surface area contributed by atoms with Crippen molar-refractivity contribution in [1.29, 1.82) is 0 Å². The molecule has 0 spiro atoms. The summed E-state index contributed by atoms with van der Waals surface area (Å²) >= 11 is 5.54. The minimum atomic E-state index is 0.741. The molecule has 11 heavy (non-hydrogen) atoms. The smallest absolute Gasteiger partial charge is 0.151 e. The lowest BCUT2D eigenvalue weighted by Crippen LogP contribution is -1.88. The third-order valence-corrected chi connectivity index (χ3v) is 2.70. The van der Waals surface area contributed by atoms with E-state index in [0.717, 1.165) is 25.5 Å². The first-order valence-electron chi connectivity index (χ1n) is 3.06. The second-order valence-corrected chi connectivity index (χ2v) is 4.34. The Balaban J connectivity index is 3.36. The second kappa shape index (κ2) is 3.67. The summed E-state index contributed by atoms with van der Waals surface area (Å²) < 4.78 is 2.01. The van der Waals surface area contributed by atoms with Crippen LogP contribution in [0.5, 0.6) is 0 Å². The summed E-state index contributed by atoms with van der Waals surface area (Å²) in [5.74, 6) is 0. The van der Waals surface area contributed by atoms with Crippen LogP contribution in [0, 0.1) is 10.5 Å². The maximum atomic E-state index is 10.5. The van der Waals surface area contributed by atoms with Gasteiger partial charge in [0.05, 0.1) is 0 Å². The van der Waals surface area contributed by atoms with Crippen LogP contribution in [0.1, 0.15) is 15.9 Å². The number of rotatable bonds is 1. The van der Waals surface area contributed by atoms with Crippen LogP contribution >= 0.6 is 38.5 Å². The highest BCUT2D eigenvalue weighted by Crippen LogP contribution is 2.21. The molecule has 0 radical (unpaired) electrons. The van der Waals surface area contributed by atoms with Gasteiger partial charge in [-0.25, -0.2) is 0 Å². The number of benzene rings is 1. The predicted molar refractivity (Wildman–Crippen MR) is 57.0 cm³/mol. The van der Waals surface area contributed by atoms with E-state index in [-0.39, 0.29) is 0 Å². The highest BCUT2D eigenvalue weighted by Gasteiger charge is 2.02. The highest BCUT2D eigenvalue weighted by atomic mass is 127. The Morgan fingerprint density at radius 1 is 1.55 bits per heavy atom. The Morgan fingerprint density at radius 3 is 2.64 bits per heavy atom. The zero-order chi connectivity index (χ0) is 8.43. The number of hydrogen-bond donors (Lipinski definition) is 0. The van der Waals surface area contributed by atoms with Gasteiger partial charge in [-0.2, -0.15) is 0 Å². The van der Waals surface area contributed by atoms with Crippen LogP contribution in [0.4, 0.5) is 0 Å². The van der Waals surface area contributed by atoms with Crippen LogP contribution in [0.25, 0.3) is 0 Å². The minimum Gasteiger partial charge on any atom is -0.298 e. The third kappa shape index (κ3) is 2.02. The van der Waals surface area contributed by atoms with E-state index in [1.807, 2.05) is 19.1 Å². The Kier molecular flexibility index (Phi) is 3.06. The van der Waals surface area contributed by atoms with Gasteiger partial charge in [-0.05, 0) is 47.2 Å². The molecule has 0 atom stereocenters. The van der Waals surface area contributed by atoms with Crippen molar-refractivity contribution in [3.8, 4) is 0 Å². The number of carbonyl (C=O) groups is 1. The monoisotopic (exact) mass is 324 g/mol. The van der Waals surface area contributed by atoms with Gasteiger partial charge in [0, 0.05) is 13.6 Å². The van der Waals surface area contributed by atoms with Crippen molar-refractivity contribution < 1.29 is 4.79 Å². The van der Waals surface area contributed by atoms with Crippen molar-refractivity contribution in [2.24, 2.45) is 0 Å². The number of aryl methyl sites for hydroxylation is 1. The van der Waals surface area contributed by atoms with Crippen molar-refractivity contribution in [2.45, 2.75) is 6.92 Å². The predicted octanol–water partition coefficient (Wildman–Crippen LogP) is 3.17. The van der Waals surface area contributed by atoms with Gasteiger partial charge in [-0.1, -0.05) is 15.9 Å². The molecule has 0 aromatic heterocycles. The summed E-state index contributed by atoms with van der Waals surface area (Å²) in [5, 5.41) is 0. The van der Waals surface area contributed by atoms with E-state index < -0.39 is 0 Å². The van der Waals surface area contributed by atoms with E-state index in [1.165, 1.54) is 0 Å². The molecule has 0 heterocycles. The molecule has 0 aliphatic carbocycles. The average Bonchev–Trinajstić information content (AvgIpc) is 1.85. The van der Waals surface area contributed by atoms with E-state index in [0.29, 0.717) is 0 Å². The van der Waals surface area contributed by atoms with Crippen LogP contribution in [-0.2, 0) is 0 Å². The fraction of sp³-hybridized carbons (Fsp3) is 0.125. The molecule has 58 valence electrons. The molecule has 0 N–H and O–H groups in total. The lowest BCUT2D eigenvalue weighted by molar-refractivity contribution is 0.112. The molecule has 1 aromatic carbocycles. The number of aldehydes is 1. The highest BCUT2D eigenvalue weighted by molar-refractivity contribution is 14.1. The molecule has 0 saturated heterocycles. The van der Waals surface area contributed by atoms with Gasteiger partial charge < -0.3 is 0 Å². The molecule has 1 nitrogen and oxygen atoms in total. The summed E-state index contributed by atoms with van der Waals surface area (Å²) in [4.78, 5) is 10.5. The van der Waals surface area contributed by atoms with Crippen LogP contribution in [0.3, 0.4) is 0 Å². The summed E-state index contributed by atoms with van der Waals surface area (Å²) in [6.45, 7) is 1.93. The zero-order valence-corrected chi connectivity index (χ0v) is 9.64. The number of halogens is 2. The fourth-order valence-electron chi connectivity index (χ4n) is 0.863. The Morgan fingerprint density at radius 2 is 2.18 bits per heavy atom. The molecular weight excluding hydrogens is 319 g/mol. The van der Waals surface area contributed by atoms with Crippen molar-refractivity contribution in [1.82, 2.24) is 0 Å². The van der Waals surface area contributed by atoms with E-state index in [9.17, 15) is 4.79 Å². The molecule has 0 aliphatic rings. The van der Waals surface area contributed by atoms with Gasteiger partial charge in [-0.3, -0.25) is 4.79 Å². The zero-order valence-electron chi connectivity index (χ0n) is 5.90. The first-order valence-corrected chi connectivity index (χ1v) is 4.93. The quantitative estimate of drug-likeness (QED) is 0.573. The SMILES string of the molecule is Cc1cc(I)cc(Br)c1C=O. The molecular formula is C8H6BrIO. The van der Waals surface area contributed by atoms with E-state index >= 15 is 0 Å². The summed E-state index contributed by atoms with van der Waals surface area (Å²) in [6, 6.07) is 3.91. The molecule has 0 unspecified atom stereocenters. The molecule has 1 aromatic rings. The lowest BCUT2D eigenvalue weighted by atomic mass is 10.1. The summed E-state index contributed by atoms with van der Waals surface area (Å²) in [5.41, 5.74) is 1.75. The Bertz CT molecular complexity index is 273. The normalized spacial score (nSPS) is 9.73. The molecule has 0 bridgehead atoms. The Labute approximate surface area is 87.5 Å². The van der Waals surface area contributed by atoms with Crippen LogP contribution in [0.15, 0.2) is 16.6 Å². The first kappa shape index (κ1) is 9.19. The van der Waals surface area contributed by atoms with Gasteiger partial charge in [0.2, 0.25) is 0 Å². The summed E-state index contributed by atoms with van der Waals surface area (Å²) in [7, 11) is 0. The van der Waals surface area contributed by atoms with E-state index in [4.69, 9.17) is 0 Å². The lowest BCUT2D eigenvalue weighted by Gasteiger charge is -2.01. The van der Waals surface area contributed by atoms with Crippen molar-refractivity contribution in [2.75, 3.05) is 0 Å². The van der Waals surface area contributed by atoms with Gasteiger partial charge >= 0.3 is 0 Å². The summed E-state index contributed by atoms with van der Waals surface area (Å²) in [6.07, 6.45) is 0.871. The standard InChI is InChI=1S/C8H6BrIO/c1-5-2-6(10)3-8(9)7(5)4-11/h2-4H,1H3. The topological polar surface area (TPSA) is 17.1 Å². The molecule has 0 aliphatic heterocycles. The largest absolute Gasteiger partial charge is 0.298 e. The van der Waals surface area contributed by atoms with Crippen molar-refractivity contribution in [3.63, 3.8) is 0 Å². The molecule has 0 fully saturated rings. The molecule has 3 heteroatoms. The van der Waals surface area contributed by atoms with Gasteiger partial charge in [-0.15, -0.1) is 0 Å². The first-order chi connectivity index (χ1) is 5.15. The molecule has 1 rings (SSSR count). The third-order valence-electron chi connectivity index (χ3n) is 1.42. The molecule has 0 amide bonds. The fourth-order valence-corrected chi connectivity index (χ4v) is 2.72.